The fourth-order valence-electron chi connectivity index (χ4n) is 3.95. The lowest BCUT2D eigenvalue weighted by Crippen LogP contribution is -2.23. The van der Waals surface area contributed by atoms with Gasteiger partial charge in [0.2, 0.25) is 5.88 Å². The molecule has 0 radical (unpaired) electrons. The van der Waals surface area contributed by atoms with Crippen LogP contribution in [0.2, 0.25) is 0 Å². The van der Waals surface area contributed by atoms with Crippen LogP contribution >= 0.6 is 15.9 Å². The van der Waals surface area contributed by atoms with E-state index in [-0.39, 0.29) is 23.6 Å². The minimum absolute atomic E-state index is 0.0594. The van der Waals surface area contributed by atoms with E-state index >= 15 is 0 Å². The van der Waals surface area contributed by atoms with Crippen molar-refractivity contribution in [3.05, 3.63) is 92.6 Å². The molecule has 4 nitrogen and oxygen atoms in total. The molecule has 35 heavy (non-hydrogen) atoms. The molecule has 0 fully saturated rings. The number of ether oxygens (including phenoxy) is 1. The molecule has 0 saturated carbocycles. The van der Waals surface area contributed by atoms with Gasteiger partial charge in [-0.15, -0.1) is 0 Å². The summed E-state index contributed by atoms with van der Waals surface area (Å²) in [5.41, 5.74) is -0.0455. The summed E-state index contributed by atoms with van der Waals surface area (Å²) in [4.78, 5) is 15.1. The molecule has 1 heterocycles. The molecular weight excluding hydrogens is 537 g/mol. The molecule has 0 saturated heterocycles. The Bertz CT molecular complexity index is 1340. The van der Waals surface area contributed by atoms with E-state index in [1.807, 2.05) is 0 Å². The Kier molecular flexibility index (Phi) is 6.93. The van der Waals surface area contributed by atoms with Crippen LogP contribution in [0.5, 0.6) is 5.88 Å². The molecule has 2 aromatic carbocycles. The van der Waals surface area contributed by atoms with Crippen LogP contribution in [0.25, 0.3) is 11.1 Å². The summed E-state index contributed by atoms with van der Waals surface area (Å²) < 4.78 is 74.7. The highest BCUT2D eigenvalue weighted by Gasteiger charge is 2.33. The van der Waals surface area contributed by atoms with Crippen molar-refractivity contribution in [1.82, 2.24) is 4.98 Å². The molecule has 0 atom stereocenters. The first-order valence-corrected chi connectivity index (χ1v) is 11.2. The summed E-state index contributed by atoms with van der Waals surface area (Å²) in [6.45, 7) is -0.279. The number of rotatable bonds is 6. The predicted molar refractivity (Wildman–Crippen MR) is 119 cm³/mol. The lowest BCUT2D eigenvalue weighted by atomic mass is 9.95. The zero-order valence-electron chi connectivity index (χ0n) is 17.9. The molecule has 10 heteroatoms. The normalized spacial score (nSPS) is 13.9. The maximum atomic E-state index is 14.2. The fraction of sp³-hybridized carbons (Fsp3) is 0.200. The largest absolute Gasteiger partial charge is 0.545 e. The Morgan fingerprint density at radius 3 is 2.46 bits per heavy atom. The highest BCUT2D eigenvalue weighted by atomic mass is 79.9. The van der Waals surface area contributed by atoms with Crippen LogP contribution in [-0.2, 0) is 12.8 Å². The lowest BCUT2D eigenvalue weighted by Gasteiger charge is -2.17. The van der Waals surface area contributed by atoms with Gasteiger partial charge in [0.1, 0.15) is 18.2 Å². The molecule has 182 valence electrons. The van der Waals surface area contributed by atoms with Crippen LogP contribution in [0.1, 0.15) is 51.9 Å². The van der Waals surface area contributed by atoms with E-state index in [0.29, 0.717) is 46.6 Å². The van der Waals surface area contributed by atoms with Crippen molar-refractivity contribution in [3.63, 3.8) is 0 Å². The summed E-state index contributed by atoms with van der Waals surface area (Å²) in [5.74, 6) is -3.37. The highest BCUT2D eigenvalue weighted by molar-refractivity contribution is 9.10. The van der Waals surface area contributed by atoms with Crippen molar-refractivity contribution < 1.29 is 36.6 Å². The van der Waals surface area contributed by atoms with Crippen LogP contribution in [-0.4, -0.2) is 11.0 Å². The van der Waals surface area contributed by atoms with Gasteiger partial charge in [0.15, 0.2) is 0 Å². The second-order valence-corrected chi connectivity index (χ2v) is 8.81. The number of aromatic carboxylic acids is 1. The summed E-state index contributed by atoms with van der Waals surface area (Å²) in [6.07, 6.45) is -2.68. The van der Waals surface area contributed by atoms with Gasteiger partial charge in [-0.25, -0.2) is 13.8 Å². The average molecular weight is 553 g/mol. The van der Waals surface area contributed by atoms with Gasteiger partial charge >= 0.3 is 6.18 Å². The van der Waals surface area contributed by atoms with Crippen molar-refractivity contribution in [2.75, 3.05) is 0 Å². The van der Waals surface area contributed by atoms with Crippen molar-refractivity contribution >= 4 is 33.0 Å². The molecule has 0 spiro atoms. The van der Waals surface area contributed by atoms with Crippen LogP contribution < -0.4 is 9.84 Å². The van der Waals surface area contributed by atoms with Gasteiger partial charge in [0.25, 0.3) is 0 Å². The van der Waals surface area contributed by atoms with Crippen LogP contribution in [0.15, 0.2) is 53.1 Å². The number of carboxylic acids is 1. The molecular formula is C25H16BrF5NO3-. The van der Waals surface area contributed by atoms with Crippen molar-refractivity contribution in [2.24, 2.45) is 0 Å². The molecule has 0 aliphatic heterocycles. The maximum absolute atomic E-state index is 14.2. The number of hydrogen-bond acceptors (Lipinski definition) is 4. The van der Waals surface area contributed by atoms with E-state index in [1.165, 1.54) is 18.2 Å². The van der Waals surface area contributed by atoms with Crippen LogP contribution in [0, 0.1) is 11.6 Å². The zero-order chi connectivity index (χ0) is 25.3. The molecule has 4 rings (SSSR count). The number of pyridine rings is 1. The van der Waals surface area contributed by atoms with Crippen molar-refractivity contribution in [2.45, 2.75) is 32.0 Å². The Balaban J connectivity index is 1.80. The minimum atomic E-state index is -4.67. The number of benzene rings is 2. The number of carboxylic acid groups (broad SMARTS) is 1. The number of halogens is 6. The van der Waals surface area contributed by atoms with Gasteiger partial charge in [-0.1, -0.05) is 28.1 Å². The number of allylic oxidation sites excluding steroid dienone is 2. The molecule has 3 aromatic rings. The van der Waals surface area contributed by atoms with Gasteiger partial charge < -0.3 is 14.6 Å². The minimum Gasteiger partial charge on any atom is -0.545 e. The number of alkyl halides is 3. The summed E-state index contributed by atoms with van der Waals surface area (Å²) >= 11 is 3.15. The zero-order valence-corrected chi connectivity index (χ0v) is 19.5. The number of aromatic nitrogens is 1. The van der Waals surface area contributed by atoms with Crippen LogP contribution in [0.4, 0.5) is 22.0 Å². The first-order chi connectivity index (χ1) is 16.5. The predicted octanol–water partition coefficient (Wildman–Crippen LogP) is 6.18. The van der Waals surface area contributed by atoms with Crippen LogP contribution in [0.3, 0.4) is 0 Å². The summed E-state index contributed by atoms with van der Waals surface area (Å²) in [7, 11) is 0. The first-order valence-electron chi connectivity index (χ1n) is 10.4. The Morgan fingerprint density at radius 1 is 1.03 bits per heavy atom. The Hall–Kier alpha value is -3.27. The van der Waals surface area contributed by atoms with E-state index in [0.717, 1.165) is 18.2 Å². The monoisotopic (exact) mass is 552 g/mol. The van der Waals surface area contributed by atoms with Gasteiger partial charge in [-0.2, -0.15) is 13.2 Å². The molecule has 0 amide bonds. The van der Waals surface area contributed by atoms with Gasteiger partial charge in [-0.05, 0) is 66.3 Å². The van der Waals surface area contributed by atoms with Crippen molar-refractivity contribution in [1.29, 1.82) is 0 Å². The standard InChI is InChI=1S/C25H17BrF5NO3/c26-16-6-4-14(22(28)10-16)12-35-23-19(9-15(11-32-23)25(29,30)31)18-3-1-2-17(18)13-5-7-21(27)20(8-13)24(33)34/h4-11H,1-3,12H2,(H,33,34)/p-1. The Morgan fingerprint density at radius 2 is 1.77 bits per heavy atom. The van der Waals surface area contributed by atoms with E-state index in [2.05, 4.69) is 20.9 Å². The smallest absolute Gasteiger partial charge is 0.417 e. The first kappa shape index (κ1) is 24.8. The summed E-state index contributed by atoms with van der Waals surface area (Å²) in [5, 5.41) is 11.3. The molecule has 0 N–H and O–H groups in total. The number of carbonyl (C=O) groups is 1. The van der Waals surface area contributed by atoms with Gasteiger partial charge in [-0.3, -0.25) is 0 Å². The third-order valence-electron chi connectivity index (χ3n) is 5.64. The second kappa shape index (κ2) is 9.77. The fourth-order valence-corrected chi connectivity index (χ4v) is 4.29. The topological polar surface area (TPSA) is 62.2 Å². The van der Waals surface area contributed by atoms with E-state index in [9.17, 15) is 31.9 Å². The molecule has 0 bridgehead atoms. The number of nitrogens with zero attached hydrogens (tertiary/aromatic N) is 1. The van der Waals surface area contributed by atoms with E-state index in [4.69, 9.17) is 4.74 Å². The lowest BCUT2D eigenvalue weighted by molar-refractivity contribution is -0.255. The molecule has 1 aromatic heterocycles. The molecule has 1 aliphatic rings. The summed E-state index contributed by atoms with van der Waals surface area (Å²) in [6, 6.07) is 8.66. The molecule has 0 unspecified atom stereocenters. The third kappa shape index (κ3) is 5.37. The number of hydrogen-bond donors (Lipinski definition) is 0. The average Bonchev–Trinajstić information content (AvgIpc) is 3.27. The highest BCUT2D eigenvalue weighted by Crippen LogP contribution is 2.44. The maximum Gasteiger partial charge on any atom is 0.417 e. The van der Waals surface area contributed by atoms with Crippen molar-refractivity contribution in [3.8, 4) is 5.88 Å². The van der Waals surface area contributed by atoms with E-state index in [1.54, 1.807) is 6.07 Å². The quantitative estimate of drug-likeness (QED) is 0.343. The molecule has 1 aliphatic carbocycles. The van der Waals surface area contributed by atoms with Gasteiger partial charge in [0.05, 0.1) is 11.5 Å². The third-order valence-corrected chi connectivity index (χ3v) is 6.13. The van der Waals surface area contributed by atoms with Gasteiger partial charge in [0, 0.05) is 27.4 Å². The Labute approximate surface area is 205 Å². The SMILES string of the molecule is O=C([O-])c1cc(C2=C(c3cc(C(F)(F)F)cnc3OCc3ccc(Br)cc3F)CCC2)ccc1F. The number of carbonyl (C=O) groups excluding carboxylic acids is 1. The second-order valence-electron chi connectivity index (χ2n) is 7.89. The van der Waals surface area contributed by atoms with E-state index < -0.39 is 34.9 Å².